The number of nitrogens with two attached hydrogens (primary N) is 1. The van der Waals surface area contributed by atoms with Gasteiger partial charge in [-0.1, -0.05) is 11.6 Å². The summed E-state index contributed by atoms with van der Waals surface area (Å²) < 4.78 is 0. The van der Waals surface area contributed by atoms with Crippen molar-refractivity contribution in [2.45, 2.75) is 12.5 Å². The van der Waals surface area contributed by atoms with Crippen molar-refractivity contribution in [3.63, 3.8) is 0 Å². The molecule has 0 saturated carbocycles. The Bertz CT molecular complexity index is 497. The number of benzene rings is 1. The molecule has 7 heteroatoms. The lowest BCUT2D eigenvalue weighted by molar-refractivity contribution is -0.117. The van der Waals surface area contributed by atoms with Crippen LogP contribution in [0.3, 0.4) is 0 Å². The fourth-order valence-electron chi connectivity index (χ4n) is 1.52. The average molecular weight is 316 g/mol. The molecule has 110 valence electrons. The molecule has 0 bridgehead atoms. The van der Waals surface area contributed by atoms with E-state index in [1.165, 1.54) is 13.1 Å². The highest BCUT2D eigenvalue weighted by Crippen LogP contribution is 2.21. The normalized spacial score (nSPS) is 11.8. The Hall–Kier alpha value is -1.24. The Morgan fingerprint density at radius 1 is 1.45 bits per heavy atom. The van der Waals surface area contributed by atoms with E-state index in [0.717, 1.165) is 5.75 Å². The molecule has 0 unspecified atom stereocenters. The van der Waals surface area contributed by atoms with Crippen LogP contribution in [-0.4, -0.2) is 36.9 Å². The predicted molar refractivity (Wildman–Crippen MR) is 84.4 cm³/mol. The number of halogens is 1. The van der Waals surface area contributed by atoms with Crippen LogP contribution < -0.4 is 16.4 Å². The number of thioether (sulfide) groups is 1. The van der Waals surface area contributed by atoms with Gasteiger partial charge in [-0.15, -0.1) is 0 Å². The second-order valence-electron chi connectivity index (χ2n) is 4.15. The van der Waals surface area contributed by atoms with E-state index in [1.54, 1.807) is 23.9 Å². The Balaban J connectivity index is 2.72. The van der Waals surface area contributed by atoms with Crippen LogP contribution in [0.5, 0.6) is 0 Å². The molecular formula is C13H18ClN3O2S. The summed E-state index contributed by atoms with van der Waals surface area (Å²) in [5.74, 6) is 0.290. The fourth-order valence-corrected chi connectivity index (χ4v) is 2.28. The van der Waals surface area contributed by atoms with E-state index >= 15 is 0 Å². The summed E-state index contributed by atoms with van der Waals surface area (Å²) in [6.07, 6.45) is 2.57. The van der Waals surface area contributed by atoms with Gasteiger partial charge >= 0.3 is 0 Å². The molecule has 0 aliphatic heterocycles. The van der Waals surface area contributed by atoms with E-state index in [-0.39, 0.29) is 16.8 Å². The van der Waals surface area contributed by atoms with E-state index in [2.05, 4.69) is 10.6 Å². The van der Waals surface area contributed by atoms with Gasteiger partial charge < -0.3 is 16.4 Å². The van der Waals surface area contributed by atoms with Crippen molar-refractivity contribution < 1.29 is 9.59 Å². The third kappa shape index (κ3) is 4.70. The van der Waals surface area contributed by atoms with Crippen molar-refractivity contribution >= 4 is 40.9 Å². The number of nitrogens with one attached hydrogen (secondary N) is 2. The van der Waals surface area contributed by atoms with Crippen LogP contribution in [0.15, 0.2) is 18.2 Å². The quantitative estimate of drug-likeness (QED) is 0.746. The van der Waals surface area contributed by atoms with E-state index in [4.69, 9.17) is 17.3 Å². The van der Waals surface area contributed by atoms with Crippen LogP contribution in [0.2, 0.25) is 5.02 Å². The van der Waals surface area contributed by atoms with Gasteiger partial charge in [0.25, 0.3) is 5.91 Å². The molecule has 4 N–H and O–H groups in total. The molecule has 2 amide bonds. The van der Waals surface area contributed by atoms with Gasteiger partial charge in [0.2, 0.25) is 5.91 Å². The molecule has 0 aromatic heterocycles. The summed E-state index contributed by atoms with van der Waals surface area (Å²) in [7, 11) is 1.53. The molecule has 0 aliphatic rings. The third-order valence-electron chi connectivity index (χ3n) is 2.68. The maximum Gasteiger partial charge on any atom is 0.252 e. The topological polar surface area (TPSA) is 84.2 Å². The standard InChI is InChI=1S/C13H18ClN3O2S/c1-16-12(18)9-4-3-8(7-10(9)14)17-13(19)11(15)5-6-20-2/h3-4,7,11H,5-6,15H2,1-2H3,(H,16,18)(H,17,19)/t11-/m0/s1. The SMILES string of the molecule is CNC(=O)c1ccc(NC(=O)[C@@H](N)CCSC)cc1Cl. The summed E-state index contributed by atoms with van der Waals surface area (Å²) in [4.78, 5) is 23.3. The largest absolute Gasteiger partial charge is 0.355 e. The molecule has 0 fully saturated rings. The van der Waals surface area contributed by atoms with E-state index in [1.807, 2.05) is 6.26 Å². The monoisotopic (exact) mass is 315 g/mol. The minimum absolute atomic E-state index is 0.261. The fraction of sp³-hybridized carbons (Fsp3) is 0.385. The summed E-state index contributed by atoms with van der Waals surface area (Å²) >= 11 is 7.64. The van der Waals surface area contributed by atoms with Gasteiger partial charge in [-0.2, -0.15) is 11.8 Å². The Kier molecular flexibility index (Phi) is 6.84. The van der Waals surface area contributed by atoms with Crippen molar-refractivity contribution in [1.29, 1.82) is 0 Å². The van der Waals surface area contributed by atoms with Gasteiger partial charge in [0, 0.05) is 12.7 Å². The van der Waals surface area contributed by atoms with Crippen LogP contribution in [0.25, 0.3) is 0 Å². The first-order chi connectivity index (χ1) is 9.49. The minimum atomic E-state index is -0.556. The molecule has 0 heterocycles. The van der Waals surface area contributed by atoms with Gasteiger partial charge in [0.1, 0.15) is 0 Å². The second-order valence-corrected chi connectivity index (χ2v) is 5.54. The Morgan fingerprint density at radius 3 is 2.70 bits per heavy atom. The molecule has 0 spiro atoms. The zero-order valence-corrected chi connectivity index (χ0v) is 13.0. The van der Waals surface area contributed by atoms with Gasteiger partial charge in [0.05, 0.1) is 16.6 Å². The van der Waals surface area contributed by atoms with Crippen molar-refractivity contribution in [3.05, 3.63) is 28.8 Å². The summed E-state index contributed by atoms with van der Waals surface area (Å²) in [5, 5.41) is 5.45. The molecule has 1 rings (SSSR count). The molecule has 1 aromatic rings. The van der Waals surface area contributed by atoms with Gasteiger partial charge in [0.15, 0.2) is 0 Å². The zero-order chi connectivity index (χ0) is 15.1. The lowest BCUT2D eigenvalue weighted by Crippen LogP contribution is -2.36. The van der Waals surface area contributed by atoms with Crippen LogP contribution in [0.4, 0.5) is 5.69 Å². The third-order valence-corrected chi connectivity index (χ3v) is 3.63. The van der Waals surface area contributed by atoms with Crippen molar-refractivity contribution in [2.24, 2.45) is 5.73 Å². The van der Waals surface area contributed by atoms with E-state index in [0.29, 0.717) is 17.7 Å². The molecule has 1 aromatic carbocycles. The van der Waals surface area contributed by atoms with Crippen LogP contribution >= 0.6 is 23.4 Å². The molecule has 0 radical (unpaired) electrons. The van der Waals surface area contributed by atoms with Crippen LogP contribution in [-0.2, 0) is 4.79 Å². The molecule has 20 heavy (non-hydrogen) atoms. The predicted octanol–water partition coefficient (Wildman–Crippen LogP) is 1.72. The number of carbonyl (C=O) groups is 2. The number of amides is 2. The molecular weight excluding hydrogens is 298 g/mol. The number of carbonyl (C=O) groups excluding carboxylic acids is 2. The Labute approximate surface area is 127 Å². The number of rotatable bonds is 6. The van der Waals surface area contributed by atoms with Crippen LogP contribution in [0, 0.1) is 0 Å². The van der Waals surface area contributed by atoms with Crippen molar-refractivity contribution in [2.75, 3.05) is 24.4 Å². The summed E-state index contributed by atoms with van der Waals surface area (Å²) in [6, 6.07) is 4.16. The number of hydrogen-bond acceptors (Lipinski definition) is 4. The number of hydrogen-bond donors (Lipinski definition) is 3. The van der Waals surface area contributed by atoms with Crippen LogP contribution in [0.1, 0.15) is 16.8 Å². The van der Waals surface area contributed by atoms with E-state index in [9.17, 15) is 9.59 Å². The number of anilines is 1. The van der Waals surface area contributed by atoms with Crippen molar-refractivity contribution in [1.82, 2.24) is 5.32 Å². The molecule has 0 aliphatic carbocycles. The highest BCUT2D eigenvalue weighted by Gasteiger charge is 2.14. The van der Waals surface area contributed by atoms with E-state index < -0.39 is 6.04 Å². The van der Waals surface area contributed by atoms with Gasteiger partial charge in [-0.25, -0.2) is 0 Å². The first-order valence-electron chi connectivity index (χ1n) is 6.06. The maximum atomic E-state index is 11.8. The van der Waals surface area contributed by atoms with Gasteiger partial charge in [-0.3, -0.25) is 9.59 Å². The molecule has 5 nitrogen and oxygen atoms in total. The maximum absolute atomic E-state index is 11.8. The smallest absolute Gasteiger partial charge is 0.252 e. The second kappa shape index (κ2) is 8.14. The molecule has 1 atom stereocenters. The lowest BCUT2D eigenvalue weighted by Gasteiger charge is -2.12. The first kappa shape index (κ1) is 16.8. The summed E-state index contributed by atoms with van der Waals surface area (Å²) in [6.45, 7) is 0. The highest BCUT2D eigenvalue weighted by atomic mass is 35.5. The first-order valence-corrected chi connectivity index (χ1v) is 7.83. The lowest BCUT2D eigenvalue weighted by atomic mass is 10.1. The van der Waals surface area contributed by atoms with Crippen molar-refractivity contribution in [3.8, 4) is 0 Å². The molecule has 0 saturated heterocycles. The Morgan fingerprint density at radius 2 is 2.15 bits per heavy atom. The highest BCUT2D eigenvalue weighted by molar-refractivity contribution is 7.98. The average Bonchev–Trinajstić information content (AvgIpc) is 2.44. The summed E-state index contributed by atoms with van der Waals surface area (Å²) in [5.41, 5.74) is 6.65. The zero-order valence-electron chi connectivity index (χ0n) is 11.4. The minimum Gasteiger partial charge on any atom is -0.355 e. The van der Waals surface area contributed by atoms with Gasteiger partial charge in [-0.05, 0) is 36.6 Å².